The summed E-state index contributed by atoms with van der Waals surface area (Å²) in [5.74, 6) is 0.0229. The maximum Gasteiger partial charge on any atom is 0.252 e. The summed E-state index contributed by atoms with van der Waals surface area (Å²) in [4.78, 5) is 11.7. The van der Waals surface area contributed by atoms with Crippen molar-refractivity contribution in [1.82, 2.24) is 5.32 Å². The zero-order valence-corrected chi connectivity index (χ0v) is 12.1. The first kappa shape index (κ1) is 12.2. The number of aryl methyl sites for hydroxylation is 1. The highest BCUT2D eigenvalue weighted by molar-refractivity contribution is 14.1. The maximum absolute atomic E-state index is 11.7. The average Bonchev–Trinajstić information content (AvgIpc) is 2.18. The number of carbonyl (C=O) groups is 1. The third kappa shape index (κ3) is 3.08. The molecule has 1 rings (SSSR count). The molecule has 0 aromatic heterocycles. The van der Waals surface area contributed by atoms with Crippen LogP contribution in [0.5, 0.6) is 0 Å². The minimum absolute atomic E-state index is 0.0229. The van der Waals surface area contributed by atoms with Crippen LogP contribution in [0.25, 0.3) is 0 Å². The molecule has 14 heavy (non-hydrogen) atoms. The molecule has 1 amide bonds. The number of hydrogen-bond acceptors (Lipinski definition) is 1. The van der Waals surface area contributed by atoms with E-state index in [0.29, 0.717) is 0 Å². The third-order valence-corrected chi connectivity index (χ3v) is 3.79. The van der Waals surface area contributed by atoms with E-state index in [9.17, 15) is 4.79 Å². The van der Waals surface area contributed by atoms with E-state index in [0.717, 1.165) is 25.7 Å². The van der Waals surface area contributed by atoms with Crippen LogP contribution in [0.3, 0.4) is 0 Å². The molecular formula is C10H11I2NO. The minimum atomic E-state index is 0.0229. The van der Waals surface area contributed by atoms with Crippen molar-refractivity contribution in [2.75, 3.05) is 11.0 Å². The number of amides is 1. The molecule has 0 radical (unpaired) electrons. The van der Waals surface area contributed by atoms with Gasteiger partial charge in [-0.2, -0.15) is 0 Å². The molecule has 1 aromatic rings. The number of halogens is 2. The Hall–Kier alpha value is 0.150. The van der Waals surface area contributed by atoms with Crippen molar-refractivity contribution in [3.63, 3.8) is 0 Å². The third-order valence-electron chi connectivity index (χ3n) is 1.82. The van der Waals surface area contributed by atoms with Crippen LogP contribution < -0.4 is 5.32 Å². The van der Waals surface area contributed by atoms with Gasteiger partial charge in [0.15, 0.2) is 0 Å². The Morgan fingerprint density at radius 3 is 2.86 bits per heavy atom. The van der Waals surface area contributed by atoms with Gasteiger partial charge >= 0.3 is 0 Å². The van der Waals surface area contributed by atoms with Gasteiger partial charge in [0.2, 0.25) is 0 Å². The molecule has 0 aliphatic heterocycles. The molecule has 1 N–H and O–H groups in total. The number of benzene rings is 1. The molecule has 1 aromatic carbocycles. The molecule has 0 aliphatic carbocycles. The normalized spacial score (nSPS) is 9.93. The van der Waals surface area contributed by atoms with Gasteiger partial charge in [0.05, 0.1) is 5.56 Å². The fourth-order valence-electron chi connectivity index (χ4n) is 1.08. The highest BCUT2D eigenvalue weighted by atomic mass is 127. The number of rotatable bonds is 3. The van der Waals surface area contributed by atoms with E-state index in [4.69, 9.17) is 0 Å². The van der Waals surface area contributed by atoms with E-state index in [1.807, 2.05) is 25.1 Å². The predicted molar refractivity (Wildman–Crippen MR) is 75.1 cm³/mol. The SMILES string of the molecule is Cc1cccc(C(=O)NCCI)c1I. The summed E-state index contributed by atoms with van der Waals surface area (Å²) in [6, 6.07) is 5.78. The van der Waals surface area contributed by atoms with Crippen LogP contribution >= 0.6 is 45.2 Å². The molecule has 0 saturated carbocycles. The van der Waals surface area contributed by atoms with Crippen molar-refractivity contribution >= 4 is 51.1 Å². The second-order valence-electron chi connectivity index (χ2n) is 2.88. The van der Waals surface area contributed by atoms with E-state index in [1.165, 1.54) is 0 Å². The zero-order chi connectivity index (χ0) is 10.6. The first-order valence-electron chi connectivity index (χ1n) is 4.26. The lowest BCUT2D eigenvalue weighted by Crippen LogP contribution is -2.26. The highest BCUT2D eigenvalue weighted by Gasteiger charge is 2.09. The fraction of sp³-hybridized carbons (Fsp3) is 0.300. The maximum atomic E-state index is 11.7. The zero-order valence-electron chi connectivity index (χ0n) is 7.81. The summed E-state index contributed by atoms with van der Waals surface area (Å²) in [5.41, 5.74) is 1.92. The van der Waals surface area contributed by atoms with E-state index in [2.05, 4.69) is 50.5 Å². The molecule has 0 spiro atoms. The lowest BCUT2D eigenvalue weighted by molar-refractivity contribution is 0.0955. The Labute approximate surface area is 111 Å². The van der Waals surface area contributed by atoms with Crippen molar-refractivity contribution < 1.29 is 4.79 Å². The lowest BCUT2D eigenvalue weighted by atomic mass is 10.1. The molecule has 0 bridgehead atoms. The van der Waals surface area contributed by atoms with Gasteiger partial charge in [-0.1, -0.05) is 34.7 Å². The van der Waals surface area contributed by atoms with Crippen molar-refractivity contribution in [2.45, 2.75) is 6.92 Å². The van der Waals surface area contributed by atoms with Crippen LogP contribution in [-0.4, -0.2) is 16.9 Å². The molecule has 0 aliphatic rings. The fourth-order valence-corrected chi connectivity index (χ4v) is 1.95. The van der Waals surface area contributed by atoms with Crippen molar-refractivity contribution in [3.05, 3.63) is 32.9 Å². The Bertz CT molecular complexity index is 339. The lowest BCUT2D eigenvalue weighted by Gasteiger charge is -2.06. The first-order valence-corrected chi connectivity index (χ1v) is 6.86. The van der Waals surface area contributed by atoms with Gasteiger partial charge in [-0.15, -0.1) is 0 Å². The van der Waals surface area contributed by atoms with Crippen LogP contribution in [0.15, 0.2) is 18.2 Å². The van der Waals surface area contributed by atoms with Crippen LogP contribution in [0.2, 0.25) is 0 Å². The Morgan fingerprint density at radius 1 is 1.50 bits per heavy atom. The number of carbonyl (C=O) groups excluding carboxylic acids is 1. The van der Waals surface area contributed by atoms with Gasteiger partial charge in [0.1, 0.15) is 0 Å². The van der Waals surface area contributed by atoms with E-state index in [1.54, 1.807) is 0 Å². The monoisotopic (exact) mass is 415 g/mol. The molecule has 76 valence electrons. The van der Waals surface area contributed by atoms with Gasteiger partial charge in [-0.25, -0.2) is 0 Å². The summed E-state index contributed by atoms with van der Waals surface area (Å²) >= 11 is 4.45. The van der Waals surface area contributed by atoms with Crippen molar-refractivity contribution in [1.29, 1.82) is 0 Å². The number of nitrogens with one attached hydrogen (secondary N) is 1. The van der Waals surface area contributed by atoms with Gasteiger partial charge in [0, 0.05) is 14.5 Å². The van der Waals surface area contributed by atoms with Gasteiger partial charge in [-0.3, -0.25) is 4.79 Å². The standard InChI is InChI=1S/C10H11I2NO/c1-7-3-2-4-8(9(7)12)10(14)13-6-5-11/h2-4H,5-6H2,1H3,(H,13,14). The second kappa shape index (κ2) is 5.89. The average molecular weight is 415 g/mol. The van der Waals surface area contributed by atoms with Crippen molar-refractivity contribution in [2.24, 2.45) is 0 Å². The summed E-state index contributed by atoms with van der Waals surface area (Å²) in [6.07, 6.45) is 0. The van der Waals surface area contributed by atoms with E-state index < -0.39 is 0 Å². The Morgan fingerprint density at radius 2 is 2.21 bits per heavy atom. The summed E-state index contributed by atoms with van der Waals surface area (Å²) in [5, 5.41) is 2.87. The predicted octanol–water partition coefficient (Wildman–Crippen LogP) is 2.76. The van der Waals surface area contributed by atoms with Gasteiger partial charge in [0.25, 0.3) is 5.91 Å². The summed E-state index contributed by atoms with van der Waals surface area (Å²) in [6.45, 7) is 2.74. The molecule has 0 fully saturated rings. The summed E-state index contributed by atoms with van der Waals surface area (Å²) in [7, 11) is 0. The Balaban J connectivity index is 2.84. The molecule has 2 nitrogen and oxygen atoms in total. The smallest absolute Gasteiger partial charge is 0.252 e. The summed E-state index contributed by atoms with van der Waals surface area (Å²) < 4.78 is 1.97. The van der Waals surface area contributed by atoms with Gasteiger partial charge in [-0.05, 0) is 41.1 Å². The quantitative estimate of drug-likeness (QED) is 0.598. The van der Waals surface area contributed by atoms with Crippen LogP contribution in [-0.2, 0) is 0 Å². The largest absolute Gasteiger partial charge is 0.351 e. The topological polar surface area (TPSA) is 29.1 Å². The van der Waals surface area contributed by atoms with Gasteiger partial charge < -0.3 is 5.32 Å². The van der Waals surface area contributed by atoms with Crippen molar-refractivity contribution in [3.8, 4) is 0 Å². The van der Waals surface area contributed by atoms with Crippen LogP contribution in [0.1, 0.15) is 15.9 Å². The second-order valence-corrected chi connectivity index (χ2v) is 5.04. The minimum Gasteiger partial charge on any atom is -0.351 e. The van der Waals surface area contributed by atoms with Crippen LogP contribution in [0.4, 0.5) is 0 Å². The van der Waals surface area contributed by atoms with Crippen LogP contribution in [0, 0.1) is 10.5 Å². The number of alkyl halides is 1. The number of hydrogen-bond donors (Lipinski definition) is 1. The molecular weight excluding hydrogens is 404 g/mol. The van der Waals surface area contributed by atoms with E-state index >= 15 is 0 Å². The molecule has 4 heteroatoms. The van der Waals surface area contributed by atoms with E-state index in [-0.39, 0.29) is 5.91 Å². The Kier molecular flexibility index (Phi) is 5.14. The highest BCUT2D eigenvalue weighted by Crippen LogP contribution is 2.16. The first-order chi connectivity index (χ1) is 6.66. The molecule has 0 heterocycles. The molecule has 0 saturated heterocycles. The molecule has 0 unspecified atom stereocenters. The molecule has 0 atom stereocenters.